The van der Waals surface area contributed by atoms with Crippen LogP contribution in [0, 0.1) is 12.3 Å². The summed E-state index contributed by atoms with van der Waals surface area (Å²) < 4.78 is 2.72. The van der Waals surface area contributed by atoms with Crippen LogP contribution in [0.5, 0.6) is 0 Å². The molecule has 0 atom stereocenters. The van der Waals surface area contributed by atoms with Crippen LogP contribution in [0.2, 0.25) is 0 Å². The highest BCUT2D eigenvalue weighted by Gasteiger charge is 2.09. The zero-order valence-corrected chi connectivity index (χ0v) is 13.7. The van der Waals surface area contributed by atoms with Gasteiger partial charge in [0.1, 0.15) is 11.0 Å². The average molecular weight is 403 g/mol. The first-order valence-electron chi connectivity index (χ1n) is 5.28. The summed E-state index contributed by atoms with van der Waals surface area (Å²) in [6.45, 7) is 0.783. The first-order chi connectivity index (χ1) is 9.13. The van der Waals surface area contributed by atoms with Crippen LogP contribution < -0.4 is 10.9 Å². The van der Waals surface area contributed by atoms with Crippen molar-refractivity contribution in [3.8, 4) is 12.3 Å². The van der Waals surface area contributed by atoms with Crippen molar-refractivity contribution in [3.05, 3.63) is 41.8 Å². The Bertz CT molecular complexity index is 687. The highest BCUT2D eigenvalue weighted by Crippen LogP contribution is 2.24. The Balaban J connectivity index is 2.18. The molecule has 0 saturated carbocycles. The SMILES string of the molecule is C#CCn1ncc(NCc2sccc2Br)c(Br)c1=O. The van der Waals surface area contributed by atoms with Gasteiger partial charge in [-0.15, -0.1) is 17.8 Å². The molecule has 1 N–H and O–H groups in total. The van der Waals surface area contributed by atoms with Gasteiger partial charge in [-0.1, -0.05) is 5.92 Å². The second-order valence-corrected chi connectivity index (χ2v) is 6.23. The molecule has 4 nitrogen and oxygen atoms in total. The van der Waals surface area contributed by atoms with Crippen LogP contribution in [-0.2, 0) is 13.1 Å². The molecule has 2 aromatic rings. The maximum atomic E-state index is 11.9. The Morgan fingerprint density at radius 3 is 2.95 bits per heavy atom. The minimum Gasteiger partial charge on any atom is -0.378 e. The molecule has 0 aromatic carbocycles. The Morgan fingerprint density at radius 2 is 2.32 bits per heavy atom. The third kappa shape index (κ3) is 3.26. The van der Waals surface area contributed by atoms with E-state index in [9.17, 15) is 4.79 Å². The van der Waals surface area contributed by atoms with Gasteiger partial charge in [0.15, 0.2) is 0 Å². The van der Waals surface area contributed by atoms with Crippen molar-refractivity contribution in [2.24, 2.45) is 0 Å². The molecule has 0 bridgehead atoms. The molecule has 0 radical (unpaired) electrons. The van der Waals surface area contributed by atoms with Crippen LogP contribution in [-0.4, -0.2) is 9.78 Å². The van der Waals surface area contributed by atoms with Gasteiger partial charge < -0.3 is 5.32 Å². The van der Waals surface area contributed by atoms with Gasteiger partial charge in [-0.2, -0.15) is 5.10 Å². The van der Waals surface area contributed by atoms with Crippen molar-refractivity contribution in [1.29, 1.82) is 0 Å². The smallest absolute Gasteiger partial charge is 0.284 e. The van der Waals surface area contributed by atoms with E-state index < -0.39 is 0 Å². The third-order valence-corrected chi connectivity index (χ3v) is 5.05. The molecular weight excluding hydrogens is 394 g/mol. The van der Waals surface area contributed by atoms with Gasteiger partial charge in [0.05, 0.1) is 18.4 Å². The van der Waals surface area contributed by atoms with Crippen LogP contribution >= 0.6 is 43.2 Å². The molecule has 0 unspecified atom stereocenters. The van der Waals surface area contributed by atoms with Crippen molar-refractivity contribution >= 4 is 48.9 Å². The lowest BCUT2D eigenvalue weighted by Gasteiger charge is -2.08. The van der Waals surface area contributed by atoms with Gasteiger partial charge in [-0.3, -0.25) is 4.79 Å². The fourth-order valence-corrected chi connectivity index (χ4v) is 3.29. The first kappa shape index (κ1) is 14.3. The third-order valence-electron chi connectivity index (χ3n) is 2.36. The fraction of sp³-hybridized carbons (Fsp3) is 0.167. The molecule has 19 heavy (non-hydrogen) atoms. The van der Waals surface area contributed by atoms with E-state index in [1.54, 1.807) is 17.5 Å². The van der Waals surface area contributed by atoms with E-state index in [1.807, 2.05) is 11.4 Å². The molecule has 2 aromatic heterocycles. The summed E-state index contributed by atoms with van der Waals surface area (Å²) in [5.74, 6) is 2.39. The Hall–Kier alpha value is -1.10. The Morgan fingerprint density at radius 1 is 1.53 bits per heavy atom. The Labute approximate surface area is 131 Å². The molecule has 0 aliphatic rings. The molecule has 7 heteroatoms. The van der Waals surface area contributed by atoms with Crippen LogP contribution in [0.3, 0.4) is 0 Å². The summed E-state index contributed by atoms with van der Waals surface area (Å²) in [4.78, 5) is 13.1. The predicted molar refractivity (Wildman–Crippen MR) is 84.4 cm³/mol. The number of hydrogen-bond donors (Lipinski definition) is 1. The largest absolute Gasteiger partial charge is 0.378 e. The van der Waals surface area contributed by atoms with Crippen LogP contribution in [0.15, 0.2) is 31.4 Å². The van der Waals surface area contributed by atoms with Gasteiger partial charge in [0.25, 0.3) is 5.56 Å². The topological polar surface area (TPSA) is 46.9 Å². The van der Waals surface area contributed by atoms with Crippen LogP contribution in [0.1, 0.15) is 4.88 Å². The zero-order valence-electron chi connectivity index (χ0n) is 9.69. The van der Waals surface area contributed by atoms with Crippen LogP contribution in [0.4, 0.5) is 5.69 Å². The predicted octanol–water partition coefficient (Wildman–Crippen LogP) is 3.08. The van der Waals surface area contributed by atoms with Gasteiger partial charge in [0.2, 0.25) is 0 Å². The quantitative estimate of drug-likeness (QED) is 0.799. The summed E-state index contributed by atoms with van der Waals surface area (Å²) in [6.07, 6.45) is 6.76. The number of thiophene rings is 1. The van der Waals surface area contributed by atoms with Crippen molar-refractivity contribution in [1.82, 2.24) is 9.78 Å². The van der Waals surface area contributed by atoms with E-state index in [2.05, 4.69) is 48.2 Å². The molecule has 0 saturated heterocycles. The highest BCUT2D eigenvalue weighted by atomic mass is 79.9. The summed E-state index contributed by atoms with van der Waals surface area (Å²) in [6, 6.07) is 1.99. The van der Waals surface area contributed by atoms with Crippen molar-refractivity contribution in [3.63, 3.8) is 0 Å². The molecule has 2 rings (SSSR count). The fourth-order valence-electron chi connectivity index (χ4n) is 1.41. The minimum atomic E-state index is -0.242. The van der Waals surface area contributed by atoms with E-state index in [1.165, 1.54) is 4.68 Å². The molecule has 98 valence electrons. The standard InChI is InChI=1S/C12H9Br2N3OS/c1-2-4-17-12(18)11(14)9(6-16-17)15-7-10-8(13)3-5-19-10/h1,3,5-6,15H,4,7H2. The summed E-state index contributed by atoms with van der Waals surface area (Å²) >= 11 is 8.37. The molecular formula is C12H9Br2N3OS. The minimum absolute atomic E-state index is 0.161. The van der Waals surface area contributed by atoms with E-state index in [-0.39, 0.29) is 12.1 Å². The number of nitrogens with one attached hydrogen (secondary N) is 1. The first-order valence-corrected chi connectivity index (χ1v) is 7.75. The Kier molecular flexibility index (Phi) is 4.80. The monoisotopic (exact) mass is 401 g/mol. The molecule has 0 amide bonds. The lowest BCUT2D eigenvalue weighted by atomic mass is 10.4. The number of rotatable bonds is 4. The number of nitrogens with zero attached hydrogens (tertiary/aromatic N) is 2. The second-order valence-electron chi connectivity index (χ2n) is 3.58. The van der Waals surface area contributed by atoms with Gasteiger partial charge >= 0.3 is 0 Å². The molecule has 0 aliphatic carbocycles. The van der Waals surface area contributed by atoms with E-state index >= 15 is 0 Å². The maximum absolute atomic E-state index is 11.9. The lowest BCUT2D eigenvalue weighted by molar-refractivity contribution is 0.659. The molecule has 2 heterocycles. The van der Waals surface area contributed by atoms with E-state index in [4.69, 9.17) is 6.42 Å². The maximum Gasteiger partial charge on any atom is 0.284 e. The number of terminal acetylenes is 1. The summed E-state index contributed by atoms with van der Waals surface area (Å²) in [5, 5.41) is 9.18. The average Bonchev–Trinajstić information content (AvgIpc) is 2.80. The number of hydrogen-bond acceptors (Lipinski definition) is 4. The van der Waals surface area contributed by atoms with Gasteiger partial charge in [-0.25, -0.2) is 4.68 Å². The van der Waals surface area contributed by atoms with Gasteiger partial charge in [0, 0.05) is 9.35 Å². The molecule has 0 spiro atoms. The molecule has 0 fully saturated rings. The van der Waals surface area contributed by atoms with E-state index in [0.717, 1.165) is 9.35 Å². The van der Waals surface area contributed by atoms with Crippen molar-refractivity contribution < 1.29 is 0 Å². The number of anilines is 1. The summed E-state index contributed by atoms with van der Waals surface area (Å²) in [5.41, 5.74) is 0.409. The van der Waals surface area contributed by atoms with E-state index in [0.29, 0.717) is 16.7 Å². The van der Waals surface area contributed by atoms with Crippen molar-refractivity contribution in [2.75, 3.05) is 5.32 Å². The highest BCUT2D eigenvalue weighted by molar-refractivity contribution is 9.11. The number of aromatic nitrogens is 2. The lowest BCUT2D eigenvalue weighted by Crippen LogP contribution is -2.24. The van der Waals surface area contributed by atoms with Crippen molar-refractivity contribution in [2.45, 2.75) is 13.1 Å². The normalized spacial score (nSPS) is 10.2. The zero-order chi connectivity index (χ0) is 13.8. The van der Waals surface area contributed by atoms with Gasteiger partial charge in [-0.05, 0) is 43.3 Å². The second kappa shape index (κ2) is 6.37. The molecule has 0 aliphatic heterocycles. The van der Waals surface area contributed by atoms with Crippen LogP contribution in [0.25, 0.3) is 0 Å². The summed E-state index contributed by atoms with van der Waals surface area (Å²) in [7, 11) is 0. The number of halogens is 2.